The second-order valence-electron chi connectivity index (χ2n) is 6.76. The van der Waals surface area contributed by atoms with E-state index in [1.165, 1.54) is 19.3 Å². The van der Waals surface area contributed by atoms with Gasteiger partial charge in [0.1, 0.15) is 0 Å². The van der Waals surface area contributed by atoms with Crippen LogP contribution in [0.5, 0.6) is 0 Å². The summed E-state index contributed by atoms with van der Waals surface area (Å²) in [5.74, 6) is 4.68. The van der Waals surface area contributed by atoms with Crippen LogP contribution in [-0.4, -0.2) is 25.0 Å². The number of nitrogens with one attached hydrogen (secondary N) is 2. The van der Waals surface area contributed by atoms with Crippen LogP contribution in [-0.2, 0) is 4.79 Å². The van der Waals surface area contributed by atoms with E-state index in [0.717, 1.165) is 36.8 Å². The van der Waals surface area contributed by atoms with Gasteiger partial charge in [-0.25, -0.2) is 0 Å². The molecule has 4 unspecified atom stereocenters. The molecule has 4 aliphatic rings. The van der Waals surface area contributed by atoms with Gasteiger partial charge in [0.2, 0.25) is 5.91 Å². The van der Waals surface area contributed by atoms with Gasteiger partial charge in [0.25, 0.3) is 0 Å². The molecule has 3 heteroatoms. The average Bonchev–Trinajstić information content (AvgIpc) is 2.76. The second-order valence-corrected chi connectivity index (χ2v) is 6.76. The van der Waals surface area contributed by atoms with Gasteiger partial charge in [-0.15, -0.1) is 0 Å². The topological polar surface area (TPSA) is 41.1 Å². The Labute approximate surface area is 103 Å². The molecule has 1 aliphatic heterocycles. The van der Waals surface area contributed by atoms with E-state index in [1.54, 1.807) is 0 Å². The standard InChI is InChI=1S/C14H22N2O/c1-7-5-15-6-10(7)14(17)16-13-11-8-2-3-9(4-8)12(11)13/h7-13,15H,2-6H2,1H3,(H,16,17)/t7-,8?,9?,10-,11?,12?,13?/m1/s1. The summed E-state index contributed by atoms with van der Waals surface area (Å²) in [5, 5.41) is 6.67. The molecule has 17 heavy (non-hydrogen) atoms. The van der Waals surface area contributed by atoms with Gasteiger partial charge in [-0.1, -0.05) is 6.92 Å². The van der Waals surface area contributed by atoms with Gasteiger partial charge in [0, 0.05) is 12.6 Å². The molecule has 0 aromatic heterocycles. The van der Waals surface area contributed by atoms with Crippen molar-refractivity contribution in [3.8, 4) is 0 Å². The number of rotatable bonds is 2. The predicted molar refractivity (Wildman–Crippen MR) is 65.3 cm³/mol. The second kappa shape index (κ2) is 3.47. The summed E-state index contributed by atoms with van der Waals surface area (Å²) in [5.41, 5.74) is 0. The molecular formula is C14H22N2O. The van der Waals surface area contributed by atoms with E-state index in [9.17, 15) is 4.79 Å². The van der Waals surface area contributed by atoms with Gasteiger partial charge in [0.05, 0.1) is 5.92 Å². The maximum absolute atomic E-state index is 12.2. The minimum absolute atomic E-state index is 0.217. The van der Waals surface area contributed by atoms with Crippen LogP contribution in [0.1, 0.15) is 26.2 Å². The Bertz CT molecular complexity index is 340. The summed E-state index contributed by atoms with van der Waals surface area (Å²) in [7, 11) is 0. The first-order valence-electron chi connectivity index (χ1n) is 7.27. The van der Waals surface area contributed by atoms with Crippen molar-refractivity contribution in [2.24, 2.45) is 35.5 Å². The van der Waals surface area contributed by atoms with E-state index in [1.807, 2.05) is 0 Å². The highest BCUT2D eigenvalue weighted by molar-refractivity contribution is 5.80. The molecule has 0 aromatic rings. The first-order valence-corrected chi connectivity index (χ1v) is 7.27. The number of hydrogen-bond donors (Lipinski definition) is 2. The maximum Gasteiger partial charge on any atom is 0.224 e. The Morgan fingerprint density at radius 2 is 1.88 bits per heavy atom. The summed E-state index contributed by atoms with van der Waals surface area (Å²) in [6, 6.07) is 0.557. The molecule has 3 aliphatic carbocycles. The van der Waals surface area contributed by atoms with Crippen LogP contribution in [0, 0.1) is 35.5 Å². The highest BCUT2D eigenvalue weighted by Gasteiger charge is 2.65. The van der Waals surface area contributed by atoms with Gasteiger partial charge in [-0.05, 0) is 55.4 Å². The zero-order valence-corrected chi connectivity index (χ0v) is 10.5. The highest BCUT2D eigenvalue weighted by atomic mass is 16.2. The van der Waals surface area contributed by atoms with Crippen molar-refractivity contribution in [3.05, 3.63) is 0 Å². The number of carbonyl (C=O) groups is 1. The van der Waals surface area contributed by atoms with Gasteiger partial charge in [-0.2, -0.15) is 0 Å². The summed E-state index contributed by atoms with van der Waals surface area (Å²) in [6.45, 7) is 4.06. The van der Waals surface area contributed by atoms with Crippen LogP contribution < -0.4 is 10.6 Å². The Balaban J connectivity index is 1.38. The van der Waals surface area contributed by atoms with E-state index in [-0.39, 0.29) is 5.92 Å². The van der Waals surface area contributed by atoms with Gasteiger partial charge < -0.3 is 10.6 Å². The van der Waals surface area contributed by atoms with Crippen molar-refractivity contribution in [2.45, 2.75) is 32.2 Å². The van der Waals surface area contributed by atoms with Gasteiger partial charge in [0.15, 0.2) is 0 Å². The quantitative estimate of drug-likeness (QED) is 0.748. The molecule has 1 heterocycles. The van der Waals surface area contributed by atoms with E-state index in [4.69, 9.17) is 0 Å². The van der Waals surface area contributed by atoms with Crippen molar-refractivity contribution in [1.29, 1.82) is 0 Å². The largest absolute Gasteiger partial charge is 0.352 e. The van der Waals surface area contributed by atoms with Gasteiger partial charge >= 0.3 is 0 Å². The van der Waals surface area contributed by atoms with Crippen molar-refractivity contribution in [3.63, 3.8) is 0 Å². The van der Waals surface area contributed by atoms with E-state index in [0.29, 0.717) is 17.9 Å². The molecule has 3 nitrogen and oxygen atoms in total. The van der Waals surface area contributed by atoms with Crippen molar-refractivity contribution >= 4 is 5.91 Å². The molecule has 2 N–H and O–H groups in total. The molecule has 4 rings (SSSR count). The molecule has 3 saturated carbocycles. The zero-order chi connectivity index (χ0) is 11.6. The SMILES string of the molecule is C[C@@H]1CNC[C@H]1C(=O)NC1C2C3CCC(C3)C12. The molecular weight excluding hydrogens is 212 g/mol. The normalized spacial score (nSPS) is 54.8. The lowest BCUT2D eigenvalue weighted by atomic mass is 9.97. The Morgan fingerprint density at radius 3 is 2.47 bits per heavy atom. The van der Waals surface area contributed by atoms with Crippen molar-refractivity contribution in [2.75, 3.05) is 13.1 Å². The van der Waals surface area contributed by atoms with Crippen LogP contribution in [0.4, 0.5) is 0 Å². The minimum Gasteiger partial charge on any atom is -0.352 e. The van der Waals surface area contributed by atoms with Crippen molar-refractivity contribution < 1.29 is 4.79 Å². The smallest absolute Gasteiger partial charge is 0.224 e. The fraction of sp³-hybridized carbons (Fsp3) is 0.929. The third kappa shape index (κ3) is 1.41. The molecule has 2 bridgehead atoms. The summed E-state index contributed by atoms with van der Waals surface area (Å²) in [4.78, 5) is 12.2. The summed E-state index contributed by atoms with van der Waals surface area (Å²) < 4.78 is 0. The van der Waals surface area contributed by atoms with Crippen molar-refractivity contribution in [1.82, 2.24) is 10.6 Å². The summed E-state index contributed by atoms with van der Waals surface area (Å²) in [6.07, 6.45) is 4.32. The number of amides is 1. The summed E-state index contributed by atoms with van der Waals surface area (Å²) >= 11 is 0. The van der Waals surface area contributed by atoms with E-state index >= 15 is 0 Å². The van der Waals surface area contributed by atoms with Crippen LogP contribution >= 0.6 is 0 Å². The monoisotopic (exact) mass is 234 g/mol. The Hall–Kier alpha value is -0.570. The number of fused-ring (bicyclic) bond motifs is 5. The van der Waals surface area contributed by atoms with Gasteiger partial charge in [-0.3, -0.25) is 4.79 Å². The Morgan fingerprint density at radius 1 is 1.18 bits per heavy atom. The first-order chi connectivity index (χ1) is 8.25. The average molecular weight is 234 g/mol. The number of carbonyl (C=O) groups excluding carboxylic acids is 1. The van der Waals surface area contributed by atoms with Crippen LogP contribution in [0.25, 0.3) is 0 Å². The lowest BCUT2D eigenvalue weighted by Gasteiger charge is -2.16. The molecule has 94 valence electrons. The fourth-order valence-electron chi connectivity index (χ4n) is 4.95. The molecule has 6 atom stereocenters. The number of hydrogen-bond acceptors (Lipinski definition) is 2. The molecule has 1 saturated heterocycles. The minimum atomic E-state index is 0.217. The molecule has 0 aromatic carbocycles. The van der Waals surface area contributed by atoms with Crippen LogP contribution in [0.15, 0.2) is 0 Å². The lowest BCUT2D eigenvalue weighted by molar-refractivity contribution is -0.125. The first kappa shape index (κ1) is 10.4. The zero-order valence-electron chi connectivity index (χ0n) is 10.5. The third-order valence-corrected chi connectivity index (χ3v) is 5.90. The molecule has 0 spiro atoms. The lowest BCUT2D eigenvalue weighted by Crippen LogP contribution is -2.37. The molecule has 0 radical (unpaired) electrons. The fourth-order valence-corrected chi connectivity index (χ4v) is 4.95. The predicted octanol–water partition coefficient (Wildman–Crippen LogP) is 1.00. The van der Waals surface area contributed by atoms with E-state index in [2.05, 4.69) is 17.6 Å². The van der Waals surface area contributed by atoms with Crippen LogP contribution in [0.3, 0.4) is 0 Å². The highest BCUT2D eigenvalue weighted by Crippen LogP contribution is 2.65. The van der Waals surface area contributed by atoms with Crippen LogP contribution in [0.2, 0.25) is 0 Å². The molecule has 4 fully saturated rings. The maximum atomic E-state index is 12.2. The Kier molecular flexibility index (Phi) is 2.11. The molecule has 1 amide bonds. The van der Waals surface area contributed by atoms with E-state index < -0.39 is 0 Å². The third-order valence-electron chi connectivity index (χ3n) is 5.90.